The van der Waals surface area contributed by atoms with E-state index in [1.165, 1.54) is 11.8 Å². The number of carbonyl (C=O) groups excluding carboxylic acids is 2. The maximum atomic E-state index is 10.9. The summed E-state index contributed by atoms with van der Waals surface area (Å²) < 4.78 is 0. The average Bonchev–Trinajstić information content (AvgIpc) is 2.01. The van der Waals surface area contributed by atoms with Gasteiger partial charge in [0.1, 0.15) is 5.78 Å². The monoisotopic (exact) mass is 174 g/mol. The second kappa shape index (κ2) is 6.40. The second-order valence-electron chi connectivity index (χ2n) is 2.36. The van der Waals surface area contributed by atoms with Gasteiger partial charge in [0.2, 0.25) is 0 Å². The predicted molar refractivity (Wildman–Crippen MR) is 47.7 cm³/mol. The van der Waals surface area contributed by atoms with Crippen molar-refractivity contribution in [1.82, 2.24) is 0 Å². The zero-order valence-corrected chi connectivity index (χ0v) is 7.87. The number of thioether (sulfide) groups is 1. The third-order valence-electron chi connectivity index (χ3n) is 1.36. The molecular weight excluding hydrogens is 160 g/mol. The van der Waals surface area contributed by atoms with Gasteiger partial charge in [-0.15, -0.1) is 0 Å². The Morgan fingerprint density at radius 1 is 1.18 bits per heavy atom. The van der Waals surface area contributed by atoms with Crippen LogP contribution in [0.15, 0.2) is 0 Å². The van der Waals surface area contributed by atoms with Crippen molar-refractivity contribution in [2.45, 2.75) is 32.6 Å². The Balaban J connectivity index is 3.38. The molecule has 0 heterocycles. The fraction of sp³-hybridized carbons (Fsp3) is 0.750. The standard InChI is InChI=1S/C8H14O2S/c1-3-4-7(9)5-6-8(10)11-2/h3-6H2,1-2H3. The number of Topliss-reactive ketones (excluding diaryl/α,β-unsaturated/α-hetero) is 1. The summed E-state index contributed by atoms with van der Waals surface area (Å²) in [5.41, 5.74) is 0. The van der Waals surface area contributed by atoms with Crippen LogP contribution in [0.3, 0.4) is 0 Å². The van der Waals surface area contributed by atoms with Crippen molar-refractivity contribution in [2.75, 3.05) is 6.26 Å². The first-order valence-electron chi connectivity index (χ1n) is 3.79. The summed E-state index contributed by atoms with van der Waals surface area (Å²) in [6.45, 7) is 1.97. The largest absolute Gasteiger partial charge is 0.300 e. The Hall–Kier alpha value is -0.310. The Kier molecular flexibility index (Phi) is 6.22. The van der Waals surface area contributed by atoms with Crippen LogP contribution in [0.5, 0.6) is 0 Å². The molecule has 0 spiro atoms. The van der Waals surface area contributed by atoms with Gasteiger partial charge >= 0.3 is 0 Å². The van der Waals surface area contributed by atoms with Gasteiger partial charge in [-0.1, -0.05) is 18.7 Å². The van der Waals surface area contributed by atoms with Crippen LogP contribution < -0.4 is 0 Å². The fourth-order valence-electron chi connectivity index (χ4n) is 0.747. The summed E-state index contributed by atoms with van der Waals surface area (Å²) >= 11 is 1.19. The van der Waals surface area contributed by atoms with E-state index in [1.807, 2.05) is 6.92 Å². The topological polar surface area (TPSA) is 34.1 Å². The van der Waals surface area contributed by atoms with Crippen molar-refractivity contribution in [3.05, 3.63) is 0 Å². The molecule has 11 heavy (non-hydrogen) atoms. The fourth-order valence-corrected chi connectivity index (χ4v) is 1.05. The number of hydrogen-bond donors (Lipinski definition) is 0. The summed E-state index contributed by atoms with van der Waals surface area (Å²) in [7, 11) is 0. The van der Waals surface area contributed by atoms with Crippen LogP contribution in [-0.2, 0) is 9.59 Å². The van der Waals surface area contributed by atoms with Crippen LogP contribution in [0.4, 0.5) is 0 Å². The molecule has 0 saturated carbocycles. The molecule has 0 aromatic heterocycles. The average molecular weight is 174 g/mol. The van der Waals surface area contributed by atoms with Gasteiger partial charge in [-0.05, 0) is 12.7 Å². The molecule has 0 aromatic carbocycles. The third-order valence-corrected chi connectivity index (χ3v) is 2.02. The molecule has 0 rings (SSSR count). The van der Waals surface area contributed by atoms with E-state index in [9.17, 15) is 9.59 Å². The highest BCUT2D eigenvalue weighted by Crippen LogP contribution is 2.05. The van der Waals surface area contributed by atoms with E-state index in [4.69, 9.17) is 0 Å². The highest BCUT2D eigenvalue weighted by Gasteiger charge is 2.04. The van der Waals surface area contributed by atoms with E-state index in [-0.39, 0.29) is 10.9 Å². The quantitative estimate of drug-likeness (QED) is 0.639. The molecule has 0 aliphatic carbocycles. The van der Waals surface area contributed by atoms with Crippen molar-refractivity contribution < 1.29 is 9.59 Å². The molecule has 0 saturated heterocycles. The lowest BCUT2D eigenvalue weighted by Crippen LogP contribution is -2.00. The highest BCUT2D eigenvalue weighted by atomic mass is 32.2. The molecule has 0 fully saturated rings. The molecule has 3 heteroatoms. The van der Waals surface area contributed by atoms with Gasteiger partial charge in [0.25, 0.3) is 0 Å². The van der Waals surface area contributed by atoms with Gasteiger partial charge in [0.05, 0.1) is 0 Å². The zero-order chi connectivity index (χ0) is 8.69. The van der Waals surface area contributed by atoms with Gasteiger partial charge in [-0.3, -0.25) is 9.59 Å². The SMILES string of the molecule is CCCC(=O)CCC(=O)SC. The van der Waals surface area contributed by atoms with E-state index in [0.717, 1.165) is 6.42 Å². The summed E-state index contributed by atoms with van der Waals surface area (Å²) in [6.07, 6.45) is 4.06. The van der Waals surface area contributed by atoms with Crippen molar-refractivity contribution in [3.63, 3.8) is 0 Å². The van der Waals surface area contributed by atoms with E-state index in [1.54, 1.807) is 6.26 Å². The van der Waals surface area contributed by atoms with Crippen molar-refractivity contribution >= 4 is 22.7 Å². The smallest absolute Gasteiger partial charge is 0.189 e. The number of ketones is 1. The lowest BCUT2D eigenvalue weighted by molar-refractivity contribution is -0.121. The second-order valence-corrected chi connectivity index (χ2v) is 3.23. The summed E-state index contributed by atoms with van der Waals surface area (Å²) in [4.78, 5) is 21.6. The number of hydrogen-bond acceptors (Lipinski definition) is 3. The van der Waals surface area contributed by atoms with E-state index in [2.05, 4.69) is 0 Å². The van der Waals surface area contributed by atoms with Crippen molar-refractivity contribution in [2.24, 2.45) is 0 Å². The minimum absolute atomic E-state index is 0.106. The molecular formula is C8H14O2S. The number of rotatable bonds is 5. The minimum Gasteiger partial charge on any atom is -0.300 e. The van der Waals surface area contributed by atoms with Crippen molar-refractivity contribution in [3.8, 4) is 0 Å². The first kappa shape index (κ1) is 10.7. The Morgan fingerprint density at radius 2 is 1.82 bits per heavy atom. The first-order chi connectivity index (χ1) is 5.20. The first-order valence-corrected chi connectivity index (χ1v) is 5.01. The van der Waals surface area contributed by atoms with Gasteiger partial charge in [-0.25, -0.2) is 0 Å². The Morgan fingerprint density at radius 3 is 2.27 bits per heavy atom. The molecule has 64 valence electrons. The molecule has 0 radical (unpaired) electrons. The van der Waals surface area contributed by atoms with Crippen LogP contribution in [0.2, 0.25) is 0 Å². The summed E-state index contributed by atoms with van der Waals surface area (Å²) in [6, 6.07) is 0. The molecule has 0 amide bonds. The van der Waals surface area contributed by atoms with Crippen molar-refractivity contribution in [1.29, 1.82) is 0 Å². The molecule has 0 bridgehead atoms. The van der Waals surface area contributed by atoms with Gasteiger partial charge in [-0.2, -0.15) is 0 Å². The molecule has 0 N–H and O–H groups in total. The van der Waals surface area contributed by atoms with Crippen LogP contribution in [0, 0.1) is 0 Å². The Labute approximate surface area is 71.7 Å². The lowest BCUT2D eigenvalue weighted by Gasteiger charge is -1.95. The normalized spacial score (nSPS) is 9.64. The van der Waals surface area contributed by atoms with Gasteiger partial charge in [0.15, 0.2) is 5.12 Å². The molecule has 0 unspecified atom stereocenters. The van der Waals surface area contributed by atoms with Crippen LogP contribution in [-0.4, -0.2) is 17.2 Å². The Bertz CT molecular complexity index is 143. The van der Waals surface area contributed by atoms with E-state index in [0.29, 0.717) is 19.3 Å². The van der Waals surface area contributed by atoms with Crippen LogP contribution >= 0.6 is 11.8 Å². The van der Waals surface area contributed by atoms with Crippen LogP contribution in [0.1, 0.15) is 32.6 Å². The third kappa shape index (κ3) is 6.10. The maximum Gasteiger partial charge on any atom is 0.189 e. The summed E-state index contributed by atoms with van der Waals surface area (Å²) in [5.74, 6) is 0.204. The minimum atomic E-state index is 0.106. The molecule has 0 aliphatic rings. The maximum absolute atomic E-state index is 10.9. The number of carbonyl (C=O) groups is 2. The zero-order valence-electron chi connectivity index (χ0n) is 7.05. The van der Waals surface area contributed by atoms with E-state index < -0.39 is 0 Å². The summed E-state index contributed by atoms with van der Waals surface area (Å²) in [5, 5.41) is 0.106. The molecule has 0 aromatic rings. The van der Waals surface area contributed by atoms with E-state index >= 15 is 0 Å². The van der Waals surface area contributed by atoms with Crippen LogP contribution in [0.25, 0.3) is 0 Å². The van der Waals surface area contributed by atoms with Gasteiger partial charge in [0, 0.05) is 19.3 Å². The molecule has 0 aliphatic heterocycles. The lowest BCUT2D eigenvalue weighted by atomic mass is 10.1. The highest BCUT2D eigenvalue weighted by molar-refractivity contribution is 8.13. The van der Waals surface area contributed by atoms with Gasteiger partial charge < -0.3 is 0 Å². The molecule has 2 nitrogen and oxygen atoms in total. The molecule has 0 atom stereocenters. The predicted octanol–water partition coefficient (Wildman–Crippen LogP) is 2.03.